The lowest BCUT2D eigenvalue weighted by atomic mass is 9.99. The fourth-order valence-electron chi connectivity index (χ4n) is 0.787. The monoisotopic (exact) mass is 143 g/mol. The Morgan fingerprint density at radius 2 is 1.70 bits per heavy atom. The van der Waals surface area contributed by atoms with Gasteiger partial charge in [-0.25, -0.2) is 0 Å². The van der Waals surface area contributed by atoms with Crippen molar-refractivity contribution in [3.8, 4) is 0 Å². The molecule has 0 radical (unpaired) electrons. The highest BCUT2D eigenvalue weighted by atomic mass is 16.1. The van der Waals surface area contributed by atoms with Crippen LogP contribution in [0.15, 0.2) is 0 Å². The second-order valence-electron chi connectivity index (χ2n) is 3.10. The van der Waals surface area contributed by atoms with Gasteiger partial charge in [-0.1, -0.05) is 6.92 Å². The third-order valence-corrected chi connectivity index (χ3v) is 2.18. The van der Waals surface area contributed by atoms with Crippen LogP contribution in [0.1, 0.15) is 20.8 Å². The van der Waals surface area contributed by atoms with Crippen LogP contribution in [0.3, 0.4) is 0 Å². The molecule has 0 rings (SSSR count). The fourth-order valence-corrected chi connectivity index (χ4v) is 0.787. The number of rotatable bonds is 3. The first-order valence-electron chi connectivity index (χ1n) is 3.63. The number of carbonyl (C=O) groups excluding carboxylic acids is 1. The van der Waals surface area contributed by atoms with E-state index >= 15 is 0 Å². The maximum atomic E-state index is 10.9. The van der Waals surface area contributed by atoms with Crippen LogP contribution in [0.4, 0.5) is 0 Å². The van der Waals surface area contributed by atoms with E-state index < -0.39 is 0 Å². The van der Waals surface area contributed by atoms with Crippen LogP contribution in [0.5, 0.6) is 0 Å². The van der Waals surface area contributed by atoms with E-state index in [2.05, 4.69) is 11.8 Å². The van der Waals surface area contributed by atoms with Gasteiger partial charge in [0.05, 0.1) is 0 Å². The third-order valence-electron chi connectivity index (χ3n) is 2.18. The van der Waals surface area contributed by atoms with Crippen molar-refractivity contribution >= 4 is 5.78 Å². The van der Waals surface area contributed by atoms with Crippen molar-refractivity contribution in [1.29, 1.82) is 0 Å². The fraction of sp³-hybridized carbons (Fsp3) is 0.875. The Hall–Kier alpha value is -0.370. The van der Waals surface area contributed by atoms with Crippen LogP contribution in [-0.4, -0.2) is 30.8 Å². The molecule has 0 bridgehead atoms. The molecule has 0 aliphatic heterocycles. The molecule has 0 N–H and O–H groups in total. The summed E-state index contributed by atoms with van der Waals surface area (Å²) in [4.78, 5) is 12.9. The number of nitrogens with zero attached hydrogens (tertiary/aromatic N) is 1. The summed E-state index contributed by atoms with van der Waals surface area (Å²) in [5.74, 6) is 0.413. The molecular formula is C8H17NO. The standard InChI is InChI=1S/C8H17NO/c1-6(8(3)10)7(2)9(4)5/h6-7H,1-5H3. The Kier molecular flexibility index (Phi) is 3.58. The Labute approximate surface area is 63.2 Å². The van der Waals surface area contributed by atoms with E-state index in [1.807, 2.05) is 21.0 Å². The van der Waals surface area contributed by atoms with Crippen LogP contribution in [0.25, 0.3) is 0 Å². The minimum Gasteiger partial charge on any atom is -0.306 e. The summed E-state index contributed by atoms with van der Waals surface area (Å²) in [7, 11) is 3.98. The van der Waals surface area contributed by atoms with E-state index in [0.717, 1.165) is 0 Å². The Morgan fingerprint density at radius 1 is 1.30 bits per heavy atom. The van der Waals surface area contributed by atoms with E-state index in [9.17, 15) is 4.79 Å². The van der Waals surface area contributed by atoms with Crippen molar-refractivity contribution in [2.75, 3.05) is 14.1 Å². The van der Waals surface area contributed by atoms with Gasteiger partial charge in [-0.05, 0) is 27.9 Å². The molecule has 0 fully saturated rings. The van der Waals surface area contributed by atoms with E-state index in [1.165, 1.54) is 0 Å². The third kappa shape index (κ3) is 2.48. The lowest BCUT2D eigenvalue weighted by Crippen LogP contribution is -2.34. The Bertz CT molecular complexity index is 120. The predicted octanol–water partition coefficient (Wildman–Crippen LogP) is 1.16. The van der Waals surface area contributed by atoms with Gasteiger partial charge >= 0.3 is 0 Å². The molecule has 0 heterocycles. The molecule has 0 aromatic heterocycles. The van der Waals surface area contributed by atoms with Gasteiger partial charge < -0.3 is 4.90 Å². The van der Waals surface area contributed by atoms with E-state index in [0.29, 0.717) is 6.04 Å². The highest BCUT2D eigenvalue weighted by molar-refractivity contribution is 5.78. The molecule has 0 spiro atoms. The number of carbonyl (C=O) groups is 1. The molecule has 0 saturated heterocycles. The topological polar surface area (TPSA) is 20.3 Å². The first kappa shape index (κ1) is 9.63. The molecule has 0 saturated carbocycles. The van der Waals surface area contributed by atoms with Gasteiger partial charge in [0.15, 0.2) is 0 Å². The quantitative estimate of drug-likeness (QED) is 0.591. The van der Waals surface area contributed by atoms with Crippen LogP contribution in [0.2, 0.25) is 0 Å². The van der Waals surface area contributed by atoms with E-state index in [1.54, 1.807) is 6.92 Å². The average Bonchev–Trinajstić information content (AvgIpc) is 1.84. The number of ketones is 1. The minimum atomic E-state index is 0.148. The summed E-state index contributed by atoms with van der Waals surface area (Å²) >= 11 is 0. The largest absolute Gasteiger partial charge is 0.306 e. The van der Waals surface area contributed by atoms with Crippen molar-refractivity contribution in [2.24, 2.45) is 5.92 Å². The van der Waals surface area contributed by atoms with Gasteiger partial charge in [-0.15, -0.1) is 0 Å². The van der Waals surface area contributed by atoms with Crippen molar-refractivity contribution in [1.82, 2.24) is 4.90 Å². The first-order chi connectivity index (χ1) is 4.46. The summed E-state index contributed by atoms with van der Waals surface area (Å²) in [6.07, 6.45) is 0. The van der Waals surface area contributed by atoms with Gasteiger partial charge in [0.1, 0.15) is 5.78 Å². The molecule has 0 aromatic rings. The molecule has 0 aromatic carbocycles. The molecule has 2 heteroatoms. The molecule has 0 aliphatic carbocycles. The Morgan fingerprint density at radius 3 is 1.80 bits per heavy atom. The second kappa shape index (κ2) is 3.71. The highest BCUT2D eigenvalue weighted by Gasteiger charge is 2.17. The molecular weight excluding hydrogens is 126 g/mol. The maximum absolute atomic E-state index is 10.9. The summed E-state index contributed by atoms with van der Waals surface area (Å²) in [5.41, 5.74) is 0. The molecule has 2 unspecified atom stereocenters. The van der Waals surface area contributed by atoms with Gasteiger partial charge in [-0.2, -0.15) is 0 Å². The molecule has 60 valence electrons. The molecule has 0 aliphatic rings. The second-order valence-corrected chi connectivity index (χ2v) is 3.10. The van der Waals surface area contributed by atoms with Gasteiger partial charge in [0.2, 0.25) is 0 Å². The lowest BCUT2D eigenvalue weighted by Gasteiger charge is -2.24. The molecule has 0 amide bonds. The summed E-state index contributed by atoms with van der Waals surface area (Å²) in [5, 5.41) is 0. The van der Waals surface area contributed by atoms with Crippen LogP contribution in [0, 0.1) is 5.92 Å². The highest BCUT2D eigenvalue weighted by Crippen LogP contribution is 2.07. The zero-order chi connectivity index (χ0) is 8.31. The number of hydrogen-bond acceptors (Lipinski definition) is 2. The van der Waals surface area contributed by atoms with Crippen LogP contribution in [-0.2, 0) is 4.79 Å². The summed E-state index contributed by atoms with van der Waals surface area (Å²) < 4.78 is 0. The van der Waals surface area contributed by atoms with Crippen molar-refractivity contribution < 1.29 is 4.79 Å². The van der Waals surface area contributed by atoms with Crippen molar-refractivity contribution in [3.63, 3.8) is 0 Å². The van der Waals surface area contributed by atoms with Crippen molar-refractivity contribution in [3.05, 3.63) is 0 Å². The van der Waals surface area contributed by atoms with Crippen LogP contribution >= 0.6 is 0 Å². The van der Waals surface area contributed by atoms with Crippen molar-refractivity contribution in [2.45, 2.75) is 26.8 Å². The maximum Gasteiger partial charge on any atom is 0.134 e. The smallest absolute Gasteiger partial charge is 0.134 e. The number of hydrogen-bond donors (Lipinski definition) is 0. The zero-order valence-corrected chi connectivity index (χ0v) is 7.51. The summed E-state index contributed by atoms with van der Waals surface area (Å²) in [6.45, 7) is 5.67. The summed E-state index contributed by atoms with van der Waals surface area (Å²) in [6, 6.07) is 0.345. The first-order valence-corrected chi connectivity index (χ1v) is 3.63. The SMILES string of the molecule is CC(=O)C(C)C(C)N(C)C. The van der Waals surface area contributed by atoms with Gasteiger partial charge in [-0.3, -0.25) is 4.79 Å². The Balaban J connectivity index is 3.94. The predicted molar refractivity (Wildman–Crippen MR) is 43.0 cm³/mol. The van der Waals surface area contributed by atoms with Gasteiger partial charge in [0, 0.05) is 12.0 Å². The zero-order valence-electron chi connectivity index (χ0n) is 7.51. The van der Waals surface area contributed by atoms with Crippen LogP contribution < -0.4 is 0 Å². The minimum absolute atomic E-state index is 0.148. The average molecular weight is 143 g/mol. The normalized spacial score (nSPS) is 17.0. The van der Waals surface area contributed by atoms with E-state index in [4.69, 9.17) is 0 Å². The lowest BCUT2D eigenvalue weighted by molar-refractivity contribution is -0.121. The number of Topliss-reactive ketones (excluding diaryl/α,β-unsaturated/α-hetero) is 1. The van der Waals surface area contributed by atoms with E-state index in [-0.39, 0.29) is 11.7 Å². The molecule has 10 heavy (non-hydrogen) atoms. The molecule has 2 nitrogen and oxygen atoms in total. The van der Waals surface area contributed by atoms with Gasteiger partial charge in [0.25, 0.3) is 0 Å². The molecule has 2 atom stereocenters.